The maximum Gasteiger partial charge on any atom is 0.308 e. The smallest absolute Gasteiger partial charge is 0.308 e. The molecule has 102 valence electrons. The Balaban J connectivity index is 1.77. The van der Waals surface area contributed by atoms with Crippen LogP contribution >= 0.6 is 0 Å². The van der Waals surface area contributed by atoms with E-state index in [1.165, 1.54) is 6.26 Å². The Bertz CT molecular complexity index is 521. The number of carboxylic acid groups (broad SMARTS) is 1. The summed E-state index contributed by atoms with van der Waals surface area (Å²) in [6, 6.07) is 1.47. The fourth-order valence-electron chi connectivity index (χ4n) is 3.68. The number of rotatable bonds is 3. The van der Waals surface area contributed by atoms with Gasteiger partial charge in [0.25, 0.3) is 5.91 Å². The quantitative estimate of drug-likeness (QED) is 0.871. The molecule has 2 fully saturated rings. The lowest BCUT2D eigenvalue weighted by Crippen LogP contribution is -2.46. The molecule has 5 nitrogen and oxygen atoms in total. The molecule has 19 heavy (non-hydrogen) atoms. The molecular weight excluding hydrogens is 246 g/mol. The highest BCUT2D eigenvalue weighted by Crippen LogP contribution is 2.48. The second-order valence-corrected chi connectivity index (χ2v) is 5.63. The van der Waals surface area contributed by atoms with Crippen molar-refractivity contribution in [1.82, 2.24) is 5.32 Å². The van der Waals surface area contributed by atoms with Crippen LogP contribution in [0.15, 0.2) is 16.7 Å². The van der Waals surface area contributed by atoms with Crippen LogP contribution in [0.2, 0.25) is 0 Å². The highest BCUT2D eigenvalue weighted by atomic mass is 16.4. The van der Waals surface area contributed by atoms with Crippen LogP contribution in [0.1, 0.15) is 35.4 Å². The fraction of sp³-hybridized carbons (Fsp3) is 0.571. The van der Waals surface area contributed by atoms with Gasteiger partial charge in [0, 0.05) is 11.6 Å². The summed E-state index contributed by atoms with van der Waals surface area (Å²) < 4.78 is 5.15. The van der Waals surface area contributed by atoms with E-state index < -0.39 is 11.9 Å². The molecule has 1 aromatic rings. The van der Waals surface area contributed by atoms with E-state index in [2.05, 4.69) is 5.32 Å². The number of aliphatic carboxylic acids is 1. The van der Waals surface area contributed by atoms with Crippen LogP contribution in [-0.2, 0) is 4.79 Å². The molecular formula is C14H17NO4. The van der Waals surface area contributed by atoms with Gasteiger partial charge in [0.15, 0.2) is 5.76 Å². The minimum absolute atomic E-state index is 0.213. The van der Waals surface area contributed by atoms with Crippen LogP contribution in [0, 0.1) is 24.7 Å². The van der Waals surface area contributed by atoms with Crippen LogP contribution < -0.4 is 5.32 Å². The minimum atomic E-state index is -0.798. The van der Waals surface area contributed by atoms with Gasteiger partial charge < -0.3 is 14.8 Å². The van der Waals surface area contributed by atoms with Gasteiger partial charge in [-0.2, -0.15) is 0 Å². The van der Waals surface area contributed by atoms with E-state index in [0.29, 0.717) is 5.92 Å². The standard InChI is InChI=1S/C14H17NO4/c1-7-4-5-19-12(7)13(16)15-11-9-3-2-8(6-9)10(11)14(17)18/h4-5,8-11H,2-3,6H2,1H3,(H,15,16)(H,17,18). The lowest BCUT2D eigenvalue weighted by molar-refractivity contribution is -0.144. The lowest BCUT2D eigenvalue weighted by Gasteiger charge is -2.28. The highest BCUT2D eigenvalue weighted by Gasteiger charge is 2.51. The first-order valence-electron chi connectivity index (χ1n) is 6.65. The molecule has 0 spiro atoms. The van der Waals surface area contributed by atoms with Gasteiger partial charge in [-0.3, -0.25) is 9.59 Å². The molecule has 2 aliphatic carbocycles. The molecule has 2 N–H and O–H groups in total. The zero-order valence-electron chi connectivity index (χ0n) is 10.8. The third kappa shape index (κ3) is 1.93. The molecule has 2 aliphatic rings. The number of hydrogen-bond donors (Lipinski definition) is 2. The summed E-state index contributed by atoms with van der Waals surface area (Å²) in [5, 5.41) is 12.2. The third-order valence-corrected chi connectivity index (χ3v) is 4.57. The second-order valence-electron chi connectivity index (χ2n) is 5.63. The molecule has 3 rings (SSSR count). The first kappa shape index (κ1) is 12.3. The summed E-state index contributed by atoms with van der Waals surface area (Å²) >= 11 is 0. The number of carbonyl (C=O) groups excluding carboxylic acids is 1. The molecule has 5 heteroatoms. The molecule has 1 heterocycles. The van der Waals surface area contributed by atoms with Crippen molar-refractivity contribution in [1.29, 1.82) is 0 Å². The van der Waals surface area contributed by atoms with Crippen LogP contribution in [-0.4, -0.2) is 23.0 Å². The van der Waals surface area contributed by atoms with E-state index in [1.807, 2.05) is 0 Å². The number of nitrogens with one attached hydrogen (secondary N) is 1. The number of fused-ring (bicyclic) bond motifs is 2. The first-order chi connectivity index (χ1) is 9.08. The van der Waals surface area contributed by atoms with Crippen molar-refractivity contribution in [2.45, 2.75) is 32.2 Å². The van der Waals surface area contributed by atoms with Crippen molar-refractivity contribution in [3.8, 4) is 0 Å². The number of furan rings is 1. The Morgan fingerprint density at radius 2 is 2.11 bits per heavy atom. The van der Waals surface area contributed by atoms with E-state index >= 15 is 0 Å². The summed E-state index contributed by atoms with van der Waals surface area (Å²) in [7, 11) is 0. The van der Waals surface area contributed by atoms with Crippen molar-refractivity contribution >= 4 is 11.9 Å². The maximum absolute atomic E-state index is 12.1. The van der Waals surface area contributed by atoms with E-state index in [9.17, 15) is 14.7 Å². The predicted octanol–water partition coefficient (Wildman–Crippen LogP) is 1.82. The summed E-state index contributed by atoms with van der Waals surface area (Å²) in [6.07, 6.45) is 4.36. The van der Waals surface area contributed by atoms with Gasteiger partial charge in [-0.15, -0.1) is 0 Å². The van der Waals surface area contributed by atoms with Gasteiger partial charge in [0.05, 0.1) is 12.2 Å². The van der Waals surface area contributed by atoms with Crippen molar-refractivity contribution < 1.29 is 19.1 Å². The van der Waals surface area contributed by atoms with Crippen molar-refractivity contribution in [2.24, 2.45) is 17.8 Å². The van der Waals surface area contributed by atoms with Gasteiger partial charge in [-0.25, -0.2) is 0 Å². The molecule has 2 bridgehead atoms. The van der Waals surface area contributed by atoms with Crippen LogP contribution in [0.3, 0.4) is 0 Å². The van der Waals surface area contributed by atoms with Gasteiger partial charge >= 0.3 is 5.97 Å². The normalized spacial score (nSPS) is 32.5. The average Bonchev–Trinajstić information content (AvgIpc) is 3.03. The molecule has 4 unspecified atom stereocenters. The molecule has 4 atom stereocenters. The summed E-state index contributed by atoms with van der Waals surface area (Å²) in [5.74, 6) is -0.749. The Morgan fingerprint density at radius 1 is 1.37 bits per heavy atom. The third-order valence-electron chi connectivity index (χ3n) is 4.57. The van der Waals surface area contributed by atoms with Crippen LogP contribution in [0.25, 0.3) is 0 Å². The van der Waals surface area contributed by atoms with Gasteiger partial charge in [0.1, 0.15) is 0 Å². The molecule has 0 radical (unpaired) electrons. The molecule has 0 saturated heterocycles. The Labute approximate surface area is 111 Å². The number of hydrogen-bond acceptors (Lipinski definition) is 3. The van der Waals surface area contributed by atoms with Gasteiger partial charge in [-0.05, 0) is 44.1 Å². The second kappa shape index (κ2) is 4.40. The van der Waals surface area contributed by atoms with E-state index in [4.69, 9.17) is 4.42 Å². The fourth-order valence-corrected chi connectivity index (χ4v) is 3.68. The first-order valence-corrected chi connectivity index (χ1v) is 6.65. The molecule has 0 aliphatic heterocycles. The zero-order chi connectivity index (χ0) is 13.6. The maximum atomic E-state index is 12.1. The van der Waals surface area contributed by atoms with E-state index in [0.717, 1.165) is 24.8 Å². The molecule has 1 aromatic heterocycles. The number of carboxylic acids is 1. The van der Waals surface area contributed by atoms with Crippen LogP contribution in [0.4, 0.5) is 0 Å². The summed E-state index contributed by atoms with van der Waals surface area (Å²) in [4.78, 5) is 23.5. The van der Waals surface area contributed by atoms with Crippen LogP contribution in [0.5, 0.6) is 0 Å². The Morgan fingerprint density at radius 3 is 2.74 bits per heavy atom. The molecule has 1 amide bonds. The van der Waals surface area contributed by atoms with E-state index in [1.54, 1.807) is 13.0 Å². The predicted molar refractivity (Wildman–Crippen MR) is 66.7 cm³/mol. The highest BCUT2D eigenvalue weighted by molar-refractivity contribution is 5.93. The summed E-state index contributed by atoms with van der Waals surface area (Å²) in [5.41, 5.74) is 0.771. The summed E-state index contributed by atoms with van der Waals surface area (Å²) in [6.45, 7) is 1.80. The van der Waals surface area contributed by atoms with E-state index in [-0.39, 0.29) is 23.6 Å². The Kier molecular flexibility index (Phi) is 2.84. The average molecular weight is 263 g/mol. The van der Waals surface area contributed by atoms with Crippen molar-refractivity contribution in [2.75, 3.05) is 0 Å². The topological polar surface area (TPSA) is 79.5 Å². The Hall–Kier alpha value is -1.78. The zero-order valence-corrected chi connectivity index (χ0v) is 10.8. The van der Waals surface area contributed by atoms with Crippen molar-refractivity contribution in [3.05, 3.63) is 23.7 Å². The SMILES string of the molecule is Cc1ccoc1C(=O)NC1C2CCC(C2)C1C(=O)O. The van der Waals surface area contributed by atoms with Crippen molar-refractivity contribution in [3.63, 3.8) is 0 Å². The van der Waals surface area contributed by atoms with Gasteiger partial charge in [-0.1, -0.05) is 0 Å². The lowest BCUT2D eigenvalue weighted by atomic mass is 9.84. The van der Waals surface area contributed by atoms with Gasteiger partial charge in [0.2, 0.25) is 0 Å². The molecule has 2 saturated carbocycles. The minimum Gasteiger partial charge on any atom is -0.481 e. The largest absolute Gasteiger partial charge is 0.481 e. The number of amides is 1. The number of aryl methyl sites for hydroxylation is 1. The number of carbonyl (C=O) groups is 2. The molecule has 0 aromatic carbocycles. The monoisotopic (exact) mass is 263 g/mol.